The summed E-state index contributed by atoms with van der Waals surface area (Å²) in [7, 11) is 1.67. The molecule has 0 unspecified atom stereocenters. The van der Waals surface area contributed by atoms with Gasteiger partial charge in [0.05, 0.1) is 13.2 Å². The van der Waals surface area contributed by atoms with E-state index in [4.69, 9.17) is 9.47 Å². The standard InChI is InChI=1S/C17H27NO2/c1-6-10-18-12-14(4)11-15-8-7-9-16(19-5)17(15)20-13(2)3/h7-9,11,13,18H,6,10,12H2,1-5H3. The van der Waals surface area contributed by atoms with Crippen LogP contribution >= 0.6 is 0 Å². The molecule has 112 valence electrons. The number of hydrogen-bond acceptors (Lipinski definition) is 3. The fourth-order valence-electron chi connectivity index (χ4n) is 1.95. The highest BCUT2D eigenvalue weighted by molar-refractivity contribution is 5.64. The first-order valence-corrected chi connectivity index (χ1v) is 7.30. The summed E-state index contributed by atoms with van der Waals surface area (Å²) >= 11 is 0. The van der Waals surface area contributed by atoms with Crippen molar-refractivity contribution < 1.29 is 9.47 Å². The zero-order valence-electron chi connectivity index (χ0n) is 13.3. The van der Waals surface area contributed by atoms with E-state index in [9.17, 15) is 0 Å². The molecule has 1 N–H and O–H groups in total. The predicted octanol–water partition coefficient (Wildman–Crippen LogP) is 3.89. The van der Waals surface area contributed by atoms with E-state index in [0.29, 0.717) is 0 Å². The molecule has 0 aliphatic heterocycles. The van der Waals surface area contributed by atoms with Crippen LogP contribution in [0.2, 0.25) is 0 Å². The van der Waals surface area contributed by atoms with Gasteiger partial charge in [0.25, 0.3) is 0 Å². The molecule has 20 heavy (non-hydrogen) atoms. The summed E-state index contributed by atoms with van der Waals surface area (Å²) in [5.41, 5.74) is 2.34. The minimum atomic E-state index is 0.122. The molecule has 0 aliphatic carbocycles. The van der Waals surface area contributed by atoms with Crippen LogP contribution in [-0.4, -0.2) is 26.3 Å². The lowest BCUT2D eigenvalue weighted by atomic mass is 10.1. The van der Waals surface area contributed by atoms with E-state index < -0.39 is 0 Å². The predicted molar refractivity (Wildman–Crippen MR) is 85.6 cm³/mol. The third-order valence-electron chi connectivity index (χ3n) is 2.82. The summed E-state index contributed by atoms with van der Waals surface area (Å²) in [5, 5.41) is 3.40. The van der Waals surface area contributed by atoms with E-state index in [-0.39, 0.29) is 6.10 Å². The number of ether oxygens (including phenoxy) is 2. The van der Waals surface area contributed by atoms with E-state index in [1.807, 2.05) is 26.0 Å². The zero-order chi connectivity index (χ0) is 15.0. The Labute approximate surface area is 123 Å². The van der Waals surface area contributed by atoms with Gasteiger partial charge < -0.3 is 14.8 Å². The van der Waals surface area contributed by atoms with Gasteiger partial charge in [-0.3, -0.25) is 0 Å². The second-order valence-corrected chi connectivity index (χ2v) is 5.21. The van der Waals surface area contributed by atoms with Crippen molar-refractivity contribution in [1.29, 1.82) is 0 Å². The fourth-order valence-corrected chi connectivity index (χ4v) is 1.95. The summed E-state index contributed by atoms with van der Waals surface area (Å²) < 4.78 is 11.3. The van der Waals surface area contributed by atoms with Crippen LogP contribution in [-0.2, 0) is 0 Å². The summed E-state index contributed by atoms with van der Waals surface area (Å²) in [6.45, 7) is 10.3. The number of benzene rings is 1. The highest BCUT2D eigenvalue weighted by atomic mass is 16.5. The molecular formula is C17H27NO2. The maximum atomic E-state index is 5.90. The second kappa shape index (κ2) is 8.64. The summed E-state index contributed by atoms with van der Waals surface area (Å²) in [4.78, 5) is 0. The molecule has 0 atom stereocenters. The van der Waals surface area contributed by atoms with Crippen molar-refractivity contribution in [2.75, 3.05) is 20.2 Å². The van der Waals surface area contributed by atoms with Gasteiger partial charge in [0.15, 0.2) is 11.5 Å². The van der Waals surface area contributed by atoms with Crippen molar-refractivity contribution >= 4 is 6.08 Å². The minimum Gasteiger partial charge on any atom is -0.493 e. The molecule has 0 saturated carbocycles. The van der Waals surface area contributed by atoms with Crippen LogP contribution in [0.25, 0.3) is 6.08 Å². The largest absolute Gasteiger partial charge is 0.493 e. The van der Waals surface area contributed by atoms with E-state index >= 15 is 0 Å². The third-order valence-corrected chi connectivity index (χ3v) is 2.82. The van der Waals surface area contributed by atoms with Gasteiger partial charge in [-0.05, 0) is 39.8 Å². The van der Waals surface area contributed by atoms with Crippen molar-refractivity contribution in [1.82, 2.24) is 5.32 Å². The summed E-state index contributed by atoms with van der Waals surface area (Å²) in [5.74, 6) is 1.60. The van der Waals surface area contributed by atoms with Crippen molar-refractivity contribution in [3.05, 3.63) is 29.3 Å². The van der Waals surface area contributed by atoms with Gasteiger partial charge in [0.2, 0.25) is 0 Å². The first kappa shape index (κ1) is 16.6. The Hall–Kier alpha value is -1.48. The molecule has 0 amide bonds. The van der Waals surface area contributed by atoms with Gasteiger partial charge in [-0.15, -0.1) is 0 Å². The molecule has 0 saturated heterocycles. The van der Waals surface area contributed by atoms with Crippen molar-refractivity contribution in [2.24, 2.45) is 0 Å². The molecule has 0 bridgehead atoms. The van der Waals surface area contributed by atoms with Crippen LogP contribution < -0.4 is 14.8 Å². The van der Waals surface area contributed by atoms with E-state index in [0.717, 1.165) is 36.6 Å². The Morgan fingerprint density at radius 1 is 1.35 bits per heavy atom. The number of hydrogen-bond donors (Lipinski definition) is 1. The number of nitrogens with one attached hydrogen (secondary N) is 1. The Morgan fingerprint density at radius 3 is 2.70 bits per heavy atom. The molecule has 3 nitrogen and oxygen atoms in total. The van der Waals surface area contributed by atoms with Crippen LogP contribution in [0.15, 0.2) is 23.8 Å². The Bertz CT molecular complexity index is 439. The molecule has 0 radical (unpaired) electrons. The lowest BCUT2D eigenvalue weighted by Gasteiger charge is -2.16. The van der Waals surface area contributed by atoms with Gasteiger partial charge >= 0.3 is 0 Å². The molecule has 0 heterocycles. The SMILES string of the molecule is CCCNCC(C)=Cc1cccc(OC)c1OC(C)C. The van der Waals surface area contributed by atoms with E-state index in [1.165, 1.54) is 5.57 Å². The number of para-hydroxylation sites is 1. The summed E-state index contributed by atoms with van der Waals surface area (Å²) in [6, 6.07) is 5.98. The third kappa shape index (κ3) is 5.25. The molecule has 0 spiro atoms. The molecule has 3 heteroatoms. The molecule has 0 fully saturated rings. The first-order valence-electron chi connectivity index (χ1n) is 7.30. The topological polar surface area (TPSA) is 30.5 Å². The average molecular weight is 277 g/mol. The normalized spacial score (nSPS) is 11.8. The van der Waals surface area contributed by atoms with Crippen molar-refractivity contribution in [3.8, 4) is 11.5 Å². The molecule has 0 aromatic heterocycles. The smallest absolute Gasteiger partial charge is 0.168 e. The minimum absolute atomic E-state index is 0.122. The Balaban J connectivity index is 2.95. The second-order valence-electron chi connectivity index (χ2n) is 5.21. The van der Waals surface area contributed by atoms with E-state index in [2.05, 4.69) is 31.3 Å². The quantitative estimate of drug-likeness (QED) is 0.731. The van der Waals surface area contributed by atoms with Gasteiger partial charge in [0, 0.05) is 12.1 Å². The van der Waals surface area contributed by atoms with Gasteiger partial charge in [-0.1, -0.05) is 30.7 Å². The number of methoxy groups -OCH3 is 1. The average Bonchev–Trinajstić information content (AvgIpc) is 2.40. The summed E-state index contributed by atoms with van der Waals surface area (Å²) in [6.07, 6.45) is 3.42. The zero-order valence-corrected chi connectivity index (χ0v) is 13.3. The first-order chi connectivity index (χ1) is 9.58. The van der Waals surface area contributed by atoms with Crippen LogP contribution in [0.3, 0.4) is 0 Å². The van der Waals surface area contributed by atoms with Crippen LogP contribution in [0.5, 0.6) is 11.5 Å². The monoisotopic (exact) mass is 277 g/mol. The Morgan fingerprint density at radius 2 is 2.10 bits per heavy atom. The van der Waals surface area contributed by atoms with Crippen LogP contribution in [0.4, 0.5) is 0 Å². The van der Waals surface area contributed by atoms with Crippen molar-refractivity contribution in [2.45, 2.75) is 40.2 Å². The fraction of sp³-hybridized carbons (Fsp3) is 0.529. The highest BCUT2D eigenvalue weighted by Gasteiger charge is 2.10. The lowest BCUT2D eigenvalue weighted by molar-refractivity contribution is 0.229. The van der Waals surface area contributed by atoms with Crippen LogP contribution in [0.1, 0.15) is 39.7 Å². The van der Waals surface area contributed by atoms with Gasteiger partial charge in [0.1, 0.15) is 0 Å². The molecule has 1 rings (SSSR count). The van der Waals surface area contributed by atoms with Crippen molar-refractivity contribution in [3.63, 3.8) is 0 Å². The molecule has 0 aliphatic rings. The van der Waals surface area contributed by atoms with Crippen LogP contribution in [0, 0.1) is 0 Å². The molecule has 1 aromatic carbocycles. The highest BCUT2D eigenvalue weighted by Crippen LogP contribution is 2.33. The Kier molecular flexibility index (Phi) is 7.16. The lowest BCUT2D eigenvalue weighted by Crippen LogP contribution is -2.16. The maximum Gasteiger partial charge on any atom is 0.168 e. The van der Waals surface area contributed by atoms with E-state index in [1.54, 1.807) is 7.11 Å². The van der Waals surface area contributed by atoms with Gasteiger partial charge in [-0.2, -0.15) is 0 Å². The molecule has 1 aromatic rings. The van der Waals surface area contributed by atoms with Gasteiger partial charge in [-0.25, -0.2) is 0 Å². The number of rotatable bonds is 8. The molecular weight excluding hydrogens is 250 g/mol. The maximum absolute atomic E-state index is 5.90.